The molecule has 2 heterocycles. The lowest BCUT2D eigenvalue weighted by atomic mass is 9.95. The number of aryl methyl sites for hydroxylation is 1. The van der Waals surface area contributed by atoms with E-state index in [4.69, 9.17) is 5.10 Å². The molecule has 6 nitrogen and oxygen atoms in total. The van der Waals surface area contributed by atoms with E-state index >= 15 is 0 Å². The molecular weight excluding hydrogens is 400 g/mol. The van der Waals surface area contributed by atoms with Gasteiger partial charge < -0.3 is 10.2 Å². The number of aromatic nitrogens is 4. The van der Waals surface area contributed by atoms with Crippen molar-refractivity contribution in [2.75, 3.05) is 0 Å². The van der Waals surface area contributed by atoms with E-state index in [2.05, 4.69) is 10.2 Å². The van der Waals surface area contributed by atoms with Crippen molar-refractivity contribution >= 4 is 0 Å². The Labute approximate surface area is 185 Å². The normalized spacial score (nSPS) is 10.9. The lowest BCUT2D eigenvalue weighted by Crippen LogP contribution is -2.04. The molecule has 2 N–H and O–H groups in total. The number of aromatic hydroxyl groups is 2. The van der Waals surface area contributed by atoms with Gasteiger partial charge in [-0.25, -0.2) is 4.68 Å². The summed E-state index contributed by atoms with van der Waals surface area (Å²) in [4.78, 5) is 0. The Morgan fingerprint density at radius 2 is 1.25 bits per heavy atom. The Morgan fingerprint density at radius 1 is 0.625 bits per heavy atom. The van der Waals surface area contributed by atoms with E-state index in [1.54, 1.807) is 28.9 Å². The minimum Gasteiger partial charge on any atom is -0.508 e. The molecule has 0 unspecified atom stereocenters. The number of nitrogens with zero attached hydrogens (tertiary/aromatic N) is 4. The summed E-state index contributed by atoms with van der Waals surface area (Å²) < 4.78 is 1.78. The molecule has 0 aliphatic rings. The first-order chi connectivity index (χ1) is 15.6. The fraction of sp³-hybridized carbons (Fsp3) is 0.0385. The summed E-state index contributed by atoms with van der Waals surface area (Å²) >= 11 is 0. The Bertz CT molecular complexity index is 1360. The molecule has 0 spiro atoms. The molecule has 0 amide bonds. The van der Waals surface area contributed by atoms with Crippen LogP contribution in [0.4, 0.5) is 0 Å². The number of hydrogen-bond acceptors (Lipinski definition) is 5. The summed E-state index contributed by atoms with van der Waals surface area (Å²) in [6.45, 7) is 1.89. The number of benzene rings is 3. The van der Waals surface area contributed by atoms with Gasteiger partial charge in [-0.15, -0.1) is 5.10 Å². The second-order valence-corrected chi connectivity index (χ2v) is 7.48. The van der Waals surface area contributed by atoms with Gasteiger partial charge in [-0.2, -0.15) is 10.2 Å². The maximum Gasteiger partial charge on any atom is 0.176 e. The largest absolute Gasteiger partial charge is 0.508 e. The Morgan fingerprint density at radius 3 is 1.84 bits per heavy atom. The summed E-state index contributed by atoms with van der Waals surface area (Å²) in [6, 6.07) is 27.8. The van der Waals surface area contributed by atoms with E-state index in [9.17, 15) is 10.2 Å². The molecule has 0 atom stereocenters. The molecule has 0 saturated heterocycles. The van der Waals surface area contributed by atoms with Crippen LogP contribution in [0.25, 0.3) is 39.5 Å². The predicted octanol–water partition coefficient (Wildman–Crippen LogP) is 5.38. The van der Waals surface area contributed by atoms with Gasteiger partial charge in [-0.05, 0) is 73.2 Å². The maximum atomic E-state index is 9.85. The van der Waals surface area contributed by atoms with Crippen molar-refractivity contribution in [3.63, 3.8) is 0 Å². The molecule has 0 saturated carbocycles. The zero-order valence-corrected chi connectivity index (χ0v) is 17.3. The van der Waals surface area contributed by atoms with E-state index < -0.39 is 0 Å². The standard InChI is InChI=1S/C26H20N4O2/c1-17-7-16-23(28-27-17)30-26(20-10-14-22(32)15-11-20)24(18-5-3-2-4-6-18)25(29-30)19-8-12-21(31)13-9-19/h2-16,31-32H,1H3. The summed E-state index contributed by atoms with van der Waals surface area (Å²) in [5.41, 5.74) is 6.05. The van der Waals surface area contributed by atoms with Gasteiger partial charge in [-0.3, -0.25) is 0 Å². The molecule has 5 aromatic rings. The fourth-order valence-corrected chi connectivity index (χ4v) is 3.67. The molecule has 0 aliphatic heterocycles. The highest BCUT2D eigenvalue weighted by atomic mass is 16.3. The van der Waals surface area contributed by atoms with Crippen LogP contribution in [0.5, 0.6) is 11.5 Å². The molecule has 6 heteroatoms. The second kappa shape index (κ2) is 8.00. The Balaban J connectivity index is 1.86. The van der Waals surface area contributed by atoms with Gasteiger partial charge in [0.25, 0.3) is 0 Å². The lowest BCUT2D eigenvalue weighted by molar-refractivity contribution is 0.475. The van der Waals surface area contributed by atoms with Crippen molar-refractivity contribution < 1.29 is 10.2 Å². The van der Waals surface area contributed by atoms with Gasteiger partial charge in [0.05, 0.1) is 11.4 Å². The molecule has 156 valence electrons. The number of rotatable bonds is 4. The Hall–Kier alpha value is -4.45. The Kier molecular flexibility index (Phi) is 4.88. The predicted molar refractivity (Wildman–Crippen MR) is 124 cm³/mol. The highest BCUT2D eigenvalue weighted by Crippen LogP contribution is 2.41. The monoisotopic (exact) mass is 420 g/mol. The van der Waals surface area contributed by atoms with Crippen LogP contribution in [0, 0.1) is 6.92 Å². The van der Waals surface area contributed by atoms with E-state index in [1.807, 2.05) is 73.7 Å². The molecule has 3 aromatic carbocycles. The minimum atomic E-state index is 0.190. The highest BCUT2D eigenvalue weighted by Gasteiger charge is 2.23. The van der Waals surface area contributed by atoms with E-state index in [0.29, 0.717) is 5.82 Å². The van der Waals surface area contributed by atoms with Crippen LogP contribution in [0.2, 0.25) is 0 Å². The van der Waals surface area contributed by atoms with Gasteiger partial charge >= 0.3 is 0 Å². The third-order valence-electron chi connectivity index (χ3n) is 5.23. The van der Waals surface area contributed by atoms with Gasteiger partial charge in [0, 0.05) is 16.7 Å². The number of phenolic OH excluding ortho intramolecular Hbond substituents is 2. The van der Waals surface area contributed by atoms with E-state index in [-0.39, 0.29) is 11.5 Å². The first kappa shape index (κ1) is 19.5. The number of phenols is 2. The smallest absolute Gasteiger partial charge is 0.176 e. The topological polar surface area (TPSA) is 84.1 Å². The molecule has 0 radical (unpaired) electrons. The van der Waals surface area contributed by atoms with Crippen molar-refractivity contribution in [1.82, 2.24) is 20.0 Å². The molecule has 2 aromatic heterocycles. The summed E-state index contributed by atoms with van der Waals surface area (Å²) in [5, 5.41) is 33.2. The lowest BCUT2D eigenvalue weighted by Gasteiger charge is -2.10. The van der Waals surface area contributed by atoms with Crippen molar-refractivity contribution in [2.24, 2.45) is 0 Å². The molecule has 32 heavy (non-hydrogen) atoms. The summed E-state index contributed by atoms with van der Waals surface area (Å²) in [6.07, 6.45) is 0. The van der Waals surface area contributed by atoms with Crippen molar-refractivity contribution in [3.8, 4) is 51.0 Å². The van der Waals surface area contributed by atoms with Gasteiger partial charge in [-0.1, -0.05) is 30.3 Å². The SMILES string of the molecule is Cc1ccc(-n2nc(-c3ccc(O)cc3)c(-c3ccccc3)c2-c2ccc(O)cc2)nn1. The summed E-state index contributed by atoms with van der Waals surface area (Å²) in [7, 11) is 0. The fourth-order valence-electron chi connectivity index (χ4n) is 3.67. The van der Waals surface area contributed by atoms with Gasteiger partial charge in [0.15, 0.2) is 5.82 Å². The van der Waals surface area contributed by atoms with Crippen LogP contribution in [0.15, 0.2) is 91.0 Å². The first-order valence-electron chi connectivity index (χ1n) is 10.2. The van der Waals surface area contributed by atoms with Crippen LogP contribution >= 0.6 is 0 Å². The molecule has 0 fully saturated rings. The van der Waals surface area contributed by atoms with Crippen LogP contribution in [-0.4, -0.2) is 30.2 Å². The van der Waals surface area contributed by atoms with Gasteiger partial charge in [0.1, 0.15) is 17.2 Å². The van der Waals surface area contributed by atoms with Crippen molar-refractivity contribution in [1.29, 1.82) is 0 Å². The molecule has 0 bridgehead atoms. The quantitative estimate of drug-likeness (QED) is 0.408. The van der Waals surface area contributed by atoms with E-state index in [0.717, 1.165) is 39.3 Å². The van der Waals surface area contributed by atoms with Gasteiger partial charge in [0.2, 0.25) is 0 Å². The second-order valence-electron chi connectivity index (χ2n) is 7.48. The number of hydrogen-bond donors (Lipinski definition) is 2. The van der Waals surface area contributed by atoms with Crippen LogP contribution < -0.4 is 0 Å². The molecular formula is C26H20N4O2. The minimum absolute atomic E-state index is 0.190. The van der Waals surface area contributed by atoms with Crippen LogP contribution in [0.3, 0.4) is 0 Å². The molecule has 5 rings (SSSR count). The van der Waals surface area contributed by atoms with Crippen LogP contribution in [-0.2, 0) is 0 Å². The van der Waals surface area contributed by atoms with Crippen LogP contribution in [0.1, 0.15) is 5.69 Å². The van der Waals surface area contributed by atoms with E-state index in [1.165, 1.54) is 0 Å². The first-order valence-corrected chi connectivity index (χ1v) is 10.2. The third kappa shape index (κ3) is 3.58. The van der Waals surface area contributed by atoms with Crippen molar-refractivity contribution in [2.45, 2.75) is 6.92 Å². The zero-order chi connectivity index (χ0) is 22.1. The van der Waals surface area contributed by atoms with Crippen molar-refractivity contribution in [3.05, 3.63) is 96.7 Å². The average molecular weight is 420 g/mol. The maximum absolute atomic E-state index is 9.85. The molecule has 0 aliphatic carbocycles. The highest BCUT2D eigenvalue weighted by molar-refractivity contribution is 5.92. The third-order valence-corrected chi connectivity index (χ3v) is 5.23. The zero-order valence-electron chi connectivity index (χ0n) is 17.3. The summed E-state index contributed by atoms with van der Waals surface area (Å²) in [5.74, 6) is 0.966. The average Bonchev–Trinajstić information content (AvgIpc) is 3.22.